The molecule has 3 rings (SSSR count). The quantitative estimate of drug-likeness (QED) is 0.812. The number of rotatable bonds is 3. The van der Waals surface area contributed by atoms with Crippen molar-refractivity contribution in [2.24, 2.45) is 0 Å². The summed E-state index contributed by atoms with van der Waals surface area (Å²) < 4.78 is 3.29. The Bertz CT molecular complexity index is 529. The Morgan fingerprint density at radius 2 is 2.00 bits per heavy atom. The summed E-state index contributed by atoms with van der Waals surface area (Å²) in [6, 6.07) is 6.22. The van der Waals surface area contributed by atoms with Crippen molar-refractivity contribution in [1.29, 1.82) is 0 Å². The van der Waals surface area contributed by atoms with Gasteiger partial charge in [-0.2, -0.15) is 0 Å². The van der Waals surface area contributed by atoms with E-state index < -0.39 is 0 Å². The van der Waals surface area contributed by atoms with Gasteiger partial charge in [-0.3, -0.25) is 4.40 Å². The zero-order valence-electron chi connectivity index (χ0n) is 10.5. The molecule has 2 aromatic rings. The van der Waals surface area contributed by atoms with Crippen molar-refractivity contribution in [1.82, 2.24) is 14.3 Å². The first-order valence-corrected chi connectivity index (χ1v) is 7.47. The fourth-order valence-electron chi connectivity index (χ4n) is 2.69. The van der Waals surface area contributed by atoms with E-state index in [2.05, 4.69) is 48.4 Å². The Morgan fingerprint density at radius 1 is 1.17 bits per heavy atom. The lowest BCUT2D eigenvalue weighted by atomic mass is 10.1. The minimum atomic E-state index is 1.02. The number of imidazole rings is 1. The Labute approximate surface area is 116 Å². The van der Waals surface area contributed by atoms with Crippen LogP contribution in [0.15, 0.2) is 29.0 Å². The van der Waals surface area contributed by atoms with Crippen LogP contribution < -0.4 is 0 Å². The van der Waals surface area contributed by atoms with Crippen LogP contribution in [0.5, 0.6) is 0 Å². The van der Waals surface area contributed by atoms with Crippen molar-refractivity contribution >= 4 is 21.4 Å². The second-order valence-electron chi connectivity index (χ2n) is 4.94. The van der Waals surface area contributed by atoms with E-state index in [-0.39, 0.29) is 0 Å². The molecule has 1 fully saturated rings. The standard InChI is InChI=1S/C14H18BrN3/c15-13-6-4-5-12-11-16-14(18(12)13)7-10-17-8-2-1-3-9-17/h4-6,11H,1-3,7-10H2. The van der Waals surface area contributed by atoms with E-state index in [4.69, 9.17) is 0 Å². The smallest absolute Gasteiger partial charge is 0.115 e. The molecule has 0 bridgehead atoms. The number of pyridine rings is 1. The van der Waals surface area contributed by atoms with E-state index in [1.54, 1.807) is 0 Å². The summed E-state index contributed by atoms with van der Waals surface area (Å²) in [5.41, 5.74) is 1.16. The molecule has 0 N–H and O–H groups in total. The first-order valence-electron chi connectivity index (χ1n) is 6.68. The summed E-state index contributed by atoms with van der Waals surface area (Å²) in [6.07, 6.45) is 7.08. The van der Waals surface area contributed by atoms with Gasteiger partial charge in [0.1, 0.15) is 5.82 Å². The lowest BCUT2D eigenvalue weighted by Crippen LogP contribution is -2.31. The molecule has 0 unspecified atom stereocenters. The molecule has 4 heteroatoms. The highest BCUT2D eigenvalue weighted by Gasteiger charge is 2.12. The Balaban J connectivity index is 1.74. The summed E-state index contributed by atoms with van der Waals surface area (Å²) >= 11 is 3.60. The lowest BCUT2D eigenvalue weighted by Gasteiger charge is -2.26. The van der Waals surface area contributed by atoms with E-state index in [9.17, 15) is 0 Å². The maximum atomic E-state index is 4.55. The average Bonchev–Trinajstić information content (AvgIpc) is 2.82. The molecule has 3 heterocycles. The van der Waals surface area contributed by atoms with Gasteiger partial charge in [0.15, 0.2) is 0 Å². The van der Waals surface area contributed by atoms with Crippen LogP contribution in [-0.4, -0.2) is 33.9 Å². The van der Waals surface area contributed by atoms with Gasteiger partial charge in [-0.15, -0.1) is 0 Å². The third-order valence-electron chi connectivity index (χ3n) is 3.68. The number of fused-ring (bicyclic) bond motifs is 1. The van der Waals surface area contributed by atoms with Gasteiger partial charge in [0.2, 0.25) is 0 Å². The third-order valence-corrected chi connectivity index (χ3v) is 4.30. The molecule has 0 aromatic carbocycles. The average molecular weight is 308 g/mol. The number of piperidine rings is 1. The van der Waals surface area contributed by atoms with E-state index in [1.807, 2.05) is 6.20 Å². The molecule has 0 atom stereocenters. The molecule has 18 heavy (non-hydrogen) atoms. The molecule has 1 saturated heterocycles. The van der Waals surface area contributed by atoms with Gasteiger partial charge in [0, 0.05) is 13.0 Å². The number of nitrogens with zero attached hydrogens (tertiary/aromatic N) is 3. The summed E-state index contributed by atoms with van der Waals surface area (Å²) in [6.45, 7) is 3.63. The summed E-state index contributed by atoms with van der Waals surface area (Å²) in [7, 11) is 0. The van der Waals surface area contributed by atoms with Crippen LogP contribution in [0.4, 0.5) is 0 Å². The summed E-state index contributed by atoms with van der Waals surface area (Å²) in [5.74, 6) is 1.16. The van der Waals surface area contributed by atoms with Gasteiger partial charge in [-0.1, -0.05) is 12.5 Å². The minimum absolute atomic E-state index is 1.02. The molecule has 1 aliphatic heterocycles. The summed E-state index contributed by atoms with van der Waals surface area (Å²) in [4.78, 5) is 7.10. The van der Waals surface area contributed by atoms with Crippen LogP contribution in [0.3, 0.4) is 0 Å². The molecule has 0 saturated carbocycles. The van der Waals surface area contributed by atoms with E-state index in [0.717, 1.165) is 28.9 Å². The molecular formula is C14H18BrN3. The maximum absolute atomic E-state index is 4.55. The zero-order valence-corrected chi connectivity index (χ0v) is 12.1. The molecule has 0 spiro atoms. The molecule has 2 aromatic heterocycles. The van der Waals surface area contributed by atoms with Crippen molar-refractivity contribution in [3.8, 4) is 0 Å². The second kappa shape index (κ2) is 5.41. The number of aromatic nitrogens is 2. The Morgan fingerprint density at radius 3 is 2.83 bits per heavy atom. The second-order valence-corrected chi connectivity index (χ2v) is 5.75. The van der Waals surface area contributed by atoms with Gasteiger partial charge >= 0.3 is 0 Å². The van der Waals surface area contributed by atoms with Crippen molar-refractivity contribution in [3.63, 3.8) is 0 Å². The highest BCUT2D eigenvalue weighted by Crippen LogP contribution is 2.17. The van der Waals surface area contributed by atoms with Crippen LogP contribution in [0, 0.1) is 0 Å². The summed E-state index contributed by atoms with van der Waals surface area (Å²) in [5, 5.41) is 0. The molecule has 1 aliphatic rings. The fourth-order valence-corrected chi connectivity index (χ4v) is 3.25. The molecule has 3 nitrogen and oxygen atoms in total. The number of hydrogen-bond acceptors (Lipinski definition) is 2. The van der Waals surface area contributed by atoms with Crippen molar-refractivity contribution in [2.75, 3.05) is 19.6 Å². The predicted octanol–water partition coefficient (Wildman–Crippen LogP) is 3.13. The number of hydrogen-bond donors (Lipinski definition) is 0. The third kappa shape index (κ3) is 2.45. The SMILES string of the molecule is Brc1cccc2cnc(CCN3CCCCC3)n12. The topological polar surface area (TPSA) is 20.5 Å². The van der Waals surface area contributed by atoms with Gasteiger partial charge in [-0.25, -0.2) is 4.98 Å². The van der Waals surface area contributed by atoms with Gasteiger partial charge in [-0.05, 0) is 54.0 Å². The highest BCUT2D eigenvalue weighted by molar-refractivity contribution is 9.10. The number of likely N-dealkylation sites (tertiary alicyclic amines) is 1. The molecular weight excluding hydrogens is 290 g/mol. The van der Waals surface area contributed by atoms with Gasteiger partial charge < -0.3 is 4.90 Å². The Hall–Kier alpha value is -0.870. The minimum Gasteiger partial charge on any atom is -0.303 e. The van der Waals surface area contributed by atoms with E-state index >= 15 is 0 Å². The van der Waals surface area contributed by atoms with Gasteiger partial charge in [0.25, 0.3) is 0 Å². The van der Waals surface area contributed by atoms with Crippen LogP contribution in [-0.2, 0) is 6.42 Å². The highest BCUT2D eigenvalue weighted by atomic mass is 79.9. The van der Waals surface area contributed by atoms with Crippen LogP contribution in [0.2, 0.25) is 0 Å². The molecule has 96 valence electrons. The normalized spacial score (nSPS) is 17.4. The monoisotopic (exact) mass is 307 g/mol. The molecule has 0 radical (unpaired) electrons. The van der Waals surface area contributed by atoms with Crippen molar-refractivity contribution < 1.29 is 0 Å². The molecule has 0 aliphatic carbocycles. The fraction of sp³-hybridized carbons (Fsp3) is 0.500. The first kappa shape index (κ1) is 12.2. The maximum Gasteiger partial charge on any atom is 0.115 e. The van der Waals surface area contributed by atoms with Crippen LogP contribution in [0.1, 0.15) is 25.1 Å². The van der Waals surface area contributed by atoms with Crippen LogP contribution in [0.25, 0.3) is 5.52 Å². The van der Waals surface area contributed by atoms with Gasteiger partial charge in [0.05, 0.1) is 16.3 Å². The van der Waals surface area contributed by atoms with Crippen molar-refractivity contribution in [3.05, 3.63) is 34.8 Å². The largest absolute Gasteiger partial charge is 0.303 e. The van der Waals surface area contributed by atoms with Crippen LogP contribution >= 0.6 is 15.9 Å². The Kier molecular flexibility index (Phi) is 3.66. The predicted molar refractivity (Wildman–Crippen MR) is 76.9 cm³/mol. The van der Waals surface area contributed by atoms with E-state index in [0.29, 0.717) is 0 Å². The van der Waals surface area contributed by atoms with E-state index in [1.165, 1.54) is 32.4 Å². The first-order chi connectivity index (χ1) is 8.84. The molecule has 0 amide bonds. The zero-order chi connectivity index (χ0) is 12.4. The number of halogens is 1. The lowest BCUT2D eigenvalue weighted by molar-refractivity contribution is 0.230. The van der Waals surface area contributed by atoms with Crippen molar-refractivity contribution in [2.45, 2.75) is 25.7 Å².